The summed E-state index contributed by atoms with van der Waals surface area (Å²) >= 11 is 0. The Morgan fingerprint density at radius 1 is 1.26 bits per heavy atom. The van der Waals surface area contributed by atoms with E-state index in [1.54, 1.807) is 31.7 Å². The fraction of sp³-hybridized carbons (Fsp3) is 0.500. The zero-order valence-electron chi connectivity index (χ0n) is 17.9. The molecule has 0 bridgehead atoms. The summed E-state index contributed by atoms with van der Waals surface area (Å²) in [5.41, 5.74) is 7.25. The fourth-order valence-electron chi connectivity index (χ4n) is 5.06. The predicted molar refractivity (Wildman–Crippen MR) is 114 cm³/mol. The number of hydrogen-bond acceptors (Lipinski definition) is 4. The Hall–Kier alpha value is -2.94. The summed E-state index contributed by atoms with van der Waals surface area (Å²) in [6.07, 6.45) is 2.52. The first kappa shape index (κ1) is 21.3. The first-order valence-electron chi connectivity index (χ1n) is 10.6. The molecule has 0 radical (unpaired) electrons. The molecule has 1 aromatic carbocycles. The molecule has 0 unspecified atom stereocenters. The lowest BCUT2D eigenvalue weighted by Gasteiger charge is -2.31. The van der Waals surface area contributed by atoms with Crippen LogP contribution in [0.15, 0.2) is 24.4 Å². The predicted octanol–water partition coefficient (Wildman–Crippen LogP) is 1.07. The van der Waals surface area contributed by atoms with Crippen molar-refractivity contribution in [3.63, 3.8) is 0 Å². The topological polar surface area (TPSA) is 112 Å². The summed E-state index contributed by atoms with van der Waals surface area (Å²) in [5, 5.41) is 3.55. The van der Waals surface area contributed by atoms with Crippen molar-refractivity contribution >= 4 is 28.6 Å². The number of carbonyl (C=O) groups excluding carboxylic acids is 3. The quantitative estimate of drug-likeness (QED) is 0.675. The highest BCUT2D eigenvalue weighted by molar-refractivity contribution is 5.90. The molecule has 2 saturated heterocycles. The highest BCUT2D eigenvalue weighted by Gasteiger charge is 2.52. The van der Waals surface area contributed by atoms with E-state index in [1.165, 1.54) is 12.1 Å². The van der Waals surface area contributed by atoms with Crippen LogP contribution in [-0.2, 0) is 14.4 Å². The Morgan fingerprint density at radius 3 is 2.68 bits per heavy atom. The minimum absolute atomic E-state index is 0.0315. The summed E-state index contributed by atoms with van der Waals surface area (Å²) in [6, 6.07) is 2.86. The van der Waals surface area contributed by atoms with Crippen LogP contribution >= 0.6 is 0 Å². The number of fused-ring (bicyclic) bond motifs is 2. The number of aromatic nitrogens is 1. The van der Waals surface area contributed by atoms with Gasteiger partial charge in [0.05, 0.1) is 18.1 Å². The van der Waals surface area contributed by atoms with Crippen molar-refractivity contribution in [1.29, 1.82) is 0 Å². The van der Waals surface area contributed by atoms with Gasteiger partial charge in [0, 0.05) is 43.0 Å². The van der Waals surface area contributed by atoms with Crippen LogP contribution in [0.3, 0.4) is 0 Å². The molecule has 31 heavy (non-hydrogen) atoms. The van der Waals surface area contributed by atoms with Crippen molar-refractivity contribution in [2.45, 2.75) is 57.3 Å². The molecule has 1 aromatic heterocycles. The molecule has 0 aliphatic carbocycles. The molecule has 3 amide bonds. The molecule has 2 fully saturated rings. The van der Waals surface area contributed by atoms with Crippen LogP contribution in [0, 0.1) is 5.82 Å². The molecule has 0 spiro atoms. The maximum absolute atomic E-state index is 13.7. The fourth-order valence-corrected chi connectivity index (χ4v) is 5.06. The van der Waals surface area contributed by atoms with Gasteiger partial charge in [-0.3, -0.25) is 14.4 Å². The molecule has 8 nitrogen and oxygen atoms in total. The average molecular weight is 429 g/mol. The maximum atomic E-state index is 13.7. The molecule has 4 rings (SSSR count). The van der Waals surface area contributed by atoms with Crippen molar-refractivity contribution in [3.8, 4) is 0 Å². The van der Waals surface area contributed by atoms with Gasteiger partial charge < -0.3 is 25.8 Å². The SMILES string of the molecule is CC(=O)N1C[C@H](c2c[nH]c3cc(F)ccc23)[C@@H]2[C@H]1CCN2C(=O)[C@H](C)NC(=O)[C@H](C)N. The average Bonchev–Trinajstić information content (AvgIpc) is 3.40. The summed E-state index contributed by atoms with van der Waals surface area (Å²) in [6.45, 7) is 5.75. The number of nitrogens with zero attached hydrogens (tertiary/aromatic N) is 2. The minimum atomic E-state index is -0.721. The standard InChI is InChI=1S/C22H28FN5O3/c1-11(24)21(30)26-12(2)22(31)27-7-6-19-20(27)17(10-28(19)13(3)29)16-9-25-18-8-14(23)4-5-15(16)18/h4-5,8-9,11-12,17,19-20,25H,6-7,10,24H2,1-3H3,(H,26,30)/t11-,12-,17+,19+,20+/m0/s1. The van der Waals surface area contributed by atoms with Gasteiger partial charge in [0.2, 0.25) is 17.7 Å². The van der Waals surface area contributed by atoms with E-state index in [2.05, 4.69) is 10.3 Å². The first-order chi connectivity index (χ1) is 14.7. The van der Waals surface area contributed by atoms with Crippen molar-refractivity contribution in [2.24, 2.45) is 5.73 Å². The molecule has 4 N–H and O–H groups in total. The summed E-state index contributed by atoms with van der Waals surface area (Å²) in [5.74, 6) is -1.05. The molecule has 2 aromatic rings. The Kier molecular flexibility index (Phi) is 5.47. The molecule has 2 aliphatic rings. The Bertz CT molecular complexity index is 1040. The van der Waals surface area contributed by atoms with E-state index in [4.69, 9.17) is 5.73 Å². The minimum Gasteiger partial charge on any atom is -0.361 e. The van der Waals surface area contributed by atoms with Crippen LogP contribution in [0.25, 0.3) is 10.9 Å². The third kappa shape index (κ3) is 3.67. The van der Waals surface area contributed by atoms with E-state index >= 15 is 0 Å². The van der Waals surface area contributed by atoms with Gasteiger partial charge in [-0.05, 0) is 44.0 Å². The smallest absolute Gasteiger partial charge is 0.245 e. The number of carbonyl (C=O) groups is 3. The van der Waals surface area contributed by atoms with Crippen molar-refractivity contribution in [2.75, 3.05) is 13.1 Å². The largest absolute Gasteiger partial charge is 0.361 e. The Morgan fingerprint density at radius 2 is 2.00 bits per heavy atom. The van der Waals surface area contributed by atoms with E-state index in [0.717, 1.165) is 10.9 Å². The van der Waals surface area contributed by atoms with Gasteiger partial charge in [0.25, 0.3) is 0 Å². The summed E-state index contributed by atoms with van der Waals surface area (Å²) in [4.78, 5) is 44.3. The number of aromatic amines is 1. The molecule has 9 heteroatoms. The normalized spacial score (nSPS) is 24.9. The Balaban J connectivity index is 1.66. The zero-order chi connectivity index (χ0) is 22.4. The number of hydrogen-bond donors (Lipinski definition) is 3. The van der Waals surface area contributed by atoms with E-state index in [1.807, 2.05) is 11.1 Å². The number of likely N-dealkylation sites (tertiary alicyclic amines) is 2. The van der Waals surface area contributed by atoms with E-state index in [-0.39, 0.29) is 41.5 Å². The lowest BCUT2D eigenvalue weighted by Crippen LogP contribution is -2.53. The first-order valence-corrected chi connectivity index (χ1v) is 10.6. The second-order valence-electron chi connectivity index (χ2n) is 8.61. The number of halogens is 1. The third-order valence-electron chi connectivity index (χ3n) is 6.53. The van der Waals surface area contributed by atoms with Crippen LogP contribution in [0.4, 0.5) is 4.39 Å². The van der Waals surface area contributed by atoms with Gasteiger partial charge in [-0.15, -0.1) is 0 Å². The Labute approximate surface area is 179 Å². The van der Waals surface area contributed by atoms with Crippen LogP contribution < -0.4 is 11.1 Å². The maximum Gasteiger partial charge on any atom is 0.245 e. The van der Waals surface area contributed by atoms with Crippen LogP contribution in [0.2, 0.25) is 0 Å². The molecule has 3 heterocycles. The van der Waals surface area contributed by atoms with Crippen LogP contribution in [0.1, 0.15) is 38.7 Å². The summed E-state index contributed by atoms with van der Waals surface area (Å²) in [7, 11) is 0. The van der Waals surface area contributed by atoms with Gasteiger partial charge in [-0.25, -0.2) is 4.39 Å². The van der Waals surface area contributed by atoms with E-state index in [0.29, 0.717) is 25.0 Å². The molecule has 166 valence electrons. The number of amides is 3. The molecular formula is C22H28FN5O3. The number of nitrogens with one attached hydrogen (secondary N) is 2. The second kappa shape index (κ2) is 7.96. The second-order valence-corrected chi connectivity index (χ2v) is 8.61. The van der Waals surface area contributed by atoms with E-state index < -0.39 is 12.1 Å². The highest BCUT2D eigenvalue weighted by atomic mass is 19.1. The van der Waals surface area contributed by atoms with Gasteiger partial charge in [-0.2, -0.15) is 0 Å². The van der Waals surface area contributed by atoms with Gasteiger partial charge in [0.1, 0.15) is 11.9 Å². The van der Waals surface area contributed by atoms with Gasteiger partial charge in [0.15, 0.2) is 0 Å². The van der Waals surface area contributed by atoms with Crippen molar-refractivity contribution in [1.82, 2.24) is 20.1 Å². The zero-order valence-corrected chi connectivity index (χ0v) is 17.9. The molecular weight excluding hydrogens is 401 g/mol. The number of nitrogens with two attached hydrogens (primary N) is 1. The number of rotatable bonds is 4. The van der Waals surface area contributed by atoms with Crippen molar-refractivity contribution < 1.29 is 18.8 Å². The highest BCUT2D eigenvalue weighted by Crippen LogP contribution is 2.43. The summed E-state index contributed by atoms with van der Waals surface area (Å²) < 4.78 is 13.7. The van der Waals surface area contributed by atoms with Crippen molar-refractivity contribution in [3.05, 3.63) is 35.8 Å². The van der Waals surface area contributed by atoms with Crippen LogP contribution in [0.5, 0.6) is 0 Å². The van der Waals surface area contributed by atoms with Gasteiger partial charge >= 0.3 is 0 Å². The molecule has 2 aliphatic heterocycles. The monoisotopic (exact) mass is 429 g/mol. The van der Waals surface area contributed by atoms with Gasteiger partial charge in [-0.1, -0.05) is 0 Å². The molecule has 5 atom stereocenters. The van der Waals surface area contributed by atoms with E-state index in [9.17, 15) is 18.8 Å². The molecule has 0 saturated carbocycles. The number of benzene rings is 1. The third-order valence-corrected chi connectivity index (χ3v) is 6.53. The lowest BCUT2D eigenvalue weighted by atomic mass is 9.91. The number of H-pyrrole nitrogens is 1. The lowest BCUT2D eigenvalue weighted by molar-refractivity contribution is -0.137. The van der Waals surface area contributed by atoms with Crippen LogP contribution in [-0.4, -0.2) is 69.8 Å².